The van der Waals surface area contributed by atoms with E-state index in [1.165, 1.54) is 43.4 Å². The molecule has 22 nitrogen and oxygen atoms in total. The van der Waals surface area contributed by atoms with Crippen molar-refractivity contribution < 1.29 is 79.8 Å². The van der Waals surface area contributed by atoms with Crippen molar-refractivity contribution in [3.05, 3.63) is 143 Å². The van der Waals surface area contributed by atoms with Gasteiger partial charge in [-0.2, -0.15) is 16.8 Å². The molecule has 1 unspecified atom stereocenters. The summed E-state index contributed by atoms with van der Waals surface area (Å²) in [6.07, 6.45) is 13.2. The largest absolute Gasteiger partial charge is 0.492 e. The molecule has 77 heavy (non-hydrogen) atoms. The zero-order chi connectivity index (χ0) is 56.0. The van der Waals surface area contributed by atoms with Gasteiger partial charge in [-0.25, -0.2) is 19.2 Å². The summed E-state index contributed by atoms with van der Waals surface area (Å²) in [7, 11) is -7.41. The van der Waals surface area contributed by atoms with E-state index in [0.717, 1.165) is 40.6 Å². The number of benzene rings is 2. The van der Waals surface area contributed by atoms with Gasteiger partial charge in [-0.1, -0.05) is 43.7 Å². The number of hydrogen-bond donors (Lipinski definition) is 6. The van der Waals surface area contributed by atoms with E-state index in [2.05, 4.69) is 4.90 Å². The van der Waals surface area contributed by atoms with Gasteiger partial charge in [-0.3, -0.25) is 18.7 Å². The van der Waals surface area contributed by atoms with Gasteiger partial charge < -0.3 is 35.0 Å². The second kappa shape index (κ2) is 23.2. The van der Waals surface area contributed by atoms with Crippen LogP contribution in [0.15, 0.2) is 125 Å². The maximum atomic E-state index is 13.8. The molecule has 1 amide bonds. The van der Waals surface area contributed by atoms with Crippen LogP contribution >= 0.6 is 0 Å². The number of anilines is 1. The van der Waals surface area contributed by atoms with Crippen LogP contribution in [-0.4, -0.2) is 110 Å². The van der Waals surface area contributed by atoms with Crippen molar-refractivity contribution in [1.82, 2.24) is 14.5 Å². The Hall–Kier alpha value is -7.77. The Morgan fingerprint density at radius 3 is 2.04 bits per heavy atom. The Morgan fingerprint density at radius 1 is 0.766 bits per heavy atom. The average molecular weight is 1100 g/mol. The summed E-state index contributed by atoms with van der Waals surface area (Å²) < 4.78 is 70.8. The highest BCUT2D eigenvalue weighted by Gasteiger charge is 2.45. The summed E-state index contributed by atoms with van der Waals surface area (Å²) >= 11 is 0. The highest BCUT2D eigenvalue weighted by Crippen LogP contribution is 2.50. The Morgan fingerprint density at radius 2 is 1.42 bits per heavy atom. The van der Waals surface area contributed by atoms with Crippen LogP contribution < -0.4 is 19.1 Å². The first kappa shape index (κ1) is 56.9. The molecule has 6 N–H and O–H groups in total. The molecule has 0 spiro atoms. The summed E-state index contributed by atoms with van der Waals surface area (Å²) in [5.41, 5.74) is 2.95. The van der Waals surface area contributed by atoms with E-state index in [4.69, 9.17) is 19.5 Å². The van der Waals surface area contributed by atoms with Gasteiger partial charge >= 0.3 is 17.8 Å². The standard InChI is InChI=1S/C53H60N6O16S2/c1-6-27-57-41-22-21-38(77(70,71)72)32-39(41)53(4,33-35-17-19-36(20-18-35)51(66)75-59-46(62)25-26-47(59)63)43(57)15-10-7-9-14-42-52(2,3)40-31-37(34-56(49(40)54-42)28-13-30-76(67,68)69)50(65)55(5)73-29-12-8-11-16-48(64)74-58-44(60)23-24-45(58)61/h7,9-10,14-15,17-26,31-32,34H,6,8,11-13,16,27-30,33H2,1-5H3,(H5-,60,61,62,63,67,68,69,70,71,72)/p+1. The van der Waals surface area contributed by atoms with E-state index in [1.807, 2.05) is 45.9 Å². The van der Waals surface area contributed by atoms with Gasteiger partial charge in [-0.15, -0.1) is 9.46 Å². The summed E-state index contributed by atoms with van der Waals surface area (Å²) in [5.74, 6) is -3.85. The van der Waals surface area contributed by atoms with Gasteiger partial charge in [-0.05, 0) is 111 Å². The van der Waals surface area contributed by atoms with Gasteiger partial charge in [0.1, 0.15) is 6.20 Å². The third-order valence-electron chi connectivity index (χ3n) is 13.2. The first-order valence-corrected chi connectivity index (χ1v) is 27.6. The van der Waals surface area contributed by atoms with Crippen LogP contribution in [-0.2, 0) is 53.7 Å². The first-order valence-electron chi connectivity index (χ1n) is 24.5. The normalized spacial score (nSPS) is 16.5. The molecule has 3 aromatic heterocycles. The maximum Gasteiger partial charge on any atom is 0.363 e. The molecular formula is C53H61N6O16S2+. The predicted molar refractivity (Wildman–Crippen MR) is 280 cm³/mol. The van der Waals surface area contributed by atoms with E-state index >= 15 is 0 Å². The molecule has 0 fully saturated rings. The number of aliphatic imine (C=N–C) groups is 1. The number of allylic oxidation sites excluding steroid dienone is 6. The number of unbranched alkanes of at least 4 members (excludes halogenated alkanes) is 2. The van der Waals surface area contributed by atoms with Gasteiger partial charge in [0.2, 0.25) is 23.5 Å². The zero-order valence-electron chi connectivity index (χ0n) is 42.9. The number of amides is 1. The molecule has 1 atom stereocenters. The van der Waals surface area contributed by atoms with Crippen LogP contribution in [0.3, 0.4) is 0 Å². The van der Waals surface area contributed by atoms with E-state index in [0.29, 0.717) is 64.3 Å². The number of aromatic hydroxyl groups is 4. The molecule has 0 saturated heterocycles. The number of nitrogens with zero attached hydrogens (tertiary/aromatic N) is 6. The minimum absolute atomic E-state index is 0.000113. The summed E-state index contributed by atoms with van der Waals surface area (Å²) in [6, 6.07) is 17.4. The van der Waals surface area contributed by atoms with Crippen molar-refractivity contribution in [2.24, 2.45) is 4.99 Å². The Labute approximate surface area is 445 Å². The van der Waals surface area contributed by atoms with E-state index in [-0.39, 0.29) is 42.0 Å². The number of carbonyl (C=O) groups is 3. The number of carbonyl (C=O) groups excluding carboxylic acids is 3. The van der Waals surface area contributed by atoms with Crippen molar-refractivity contribution >= 4 is 55.3 Å². The number of pyridine rings is 1. The minimum atomic E-state index is -4.58. The minimum Gasteiger partial charge on any atom is -0.492 e. The fraction of sp³-hybridized carbons (Fsp3) is 0.340. The molecule has 0 saturated carbocycles. The third-order valence-corrected chi connectivity index (χ3v) is 14.8. The van der Waals surface area contributed by atoms with Crippen molar-refractivity contribution in [2.45, 2.75) is 94.9 Å². The SMILES string of the molecule is CCCN1C(=CC=CC=CC2=Nc3c(cc(C(=O)N(C)OCCCCCC(=O)On4c(O)ccc4O)c[n+]3CCCS(=O)(=O)O)C2(C)C)C(C)(Cc2ccc(C(=O)On3c(O)ccc3O)cc2)c2cc(S(=O)(=O)O)ccc21. The van der Waals surface area contributed by atoms with Crippen LogP contribution in [0.25, 0.3) is 0 Å². The molecule has 410 valence electrons. The van der Waals surface area contributed by atoms with Crippen LogP contribution in [0.5, 0.6) is 23.5 Å². The van der Waals surface area contributed by atoms with Crippen molar-refractivity contribution in [2.75, 3.05) is 30.9 Å². The van der Waals surface area contributed by atoms with E-state index < -0.39 is 78.2 Å². The first-order chi connectivity index (χ1) is 36.3. The molecule has 2 aromatic carbocycles. The smallest absolute Gasteiger partial charge is 0.363 e. The number of fused-ring (bicyclic) bond motifs is 2. The molecule has 2 aliphatic rings. The van der Waals surface area contributed by atoms with Crippen LogP contribution in [0.4, 0.5) is 11.5 Å². The van der Waals surface area contributed by atoms with Crippen LogP contribution in [0, 0.1) is 0 Å². The average Bonchev–Trinajstić information content (AvgIpc) is 4.15. The Balaban J connectivity index is 1.09. The quantitative estimate of drug-likeness (QED) is 0.0139. The van der Waals surface area contributed by atoms with Gasteiger partial charge in [0.05, 0.1) is 45.9 Å². The van der Waals surface area contributed by atoms with E-state index in [1.54, 1.807) is 47.2 Å². The summed E-state index contributed by atoms with van der Waals surface area (Å²) in [5, 5.41) is 40.3. The fourth-order valence-corrected chi connectivity index (χ4v) is 10.2. The lowest BCUT2D eigenvalue weighted by Crippen LogP contribution is -2.39. The Bertz CT molecular complexity index is 3370. The van der Waals surface area contributed by atoms with Gasteiger partial charge in [0, 0.05) is 67.5 Å². The molecular weight excluding hydrogens is 1040 g/mol. The lowest BCUT2D eigenvalue weighted by Gasteiger charge is -2.30. The number of rotatable bonds is 23. The lowest BCUT2D eigenvalue weighted by molar-refractivity contribution is -0.684. The van der Waals surface area contributed by atoms with Crippen molar-refractivity contribution in [3.8, 4) is 23.5 Å². The highest BCUT2D eigenvalue weighted by atomic mass is 32.2. The third kappa shape index (κ3) is 13.1. The monoisotopic (exact) mass is 1100 g/mol. The molecule has 7 rings (SSSR count). The molecule has 5 aromatic rings. The van der Waals surface area contributed by atoms with Crippen molar-refractivity contribution in [3.63, 3.8) is 0 Å². The molecule has 2 aliphatic heterocycles. The number of aromatic nitrogens is 3. The molecule has 0 radical (unpaired) electrons. The number of hydrogen-bond acceptors (Lipinski definition) is 16. The second-order valence-electron chi connectivity index (χ2n) is 19.2. The Kier molecular flexibility index (Phi) is 17.2. The van der Waals surface area contributed by atoms with E-state index in [9.17, 15) is 60.8 Å². The molecule has 0 aliphatic carbocycles. The summed E-state index contributed by atoms with van der Waals surface area (Å²) in [6.45, 7) is 8.62. The van der Waals surface area contributed by atoms with Crippen LogP contribution in [0.2, 0.25) is 0 Å². The molecule has 0 bridgehead atoms. The molecule has 5 heterocycles. The zero-order valence-corrected chi connectivity index (χ0v) is 44.6. The van der Waals surface area contributed by atoms with Crippen molar-refractivity contribution in [1.29, 1.82) is 0 Å². The number of aryl methyl sites for hydroxylation is 1. The van der Waals surface area contributed by atoms with Gasteiger partial charge in [0.25, 0.3) is 26.1 Å². The summed E-state index contributed by atoms with van der Waals surface area (Å²) in [4.78, 5) is 61.6. The molecule has 24 heteroatoms. The predicted octanol–water partition coefficient (Wildman–Crippen LogP) is 6.20. The maximum absolute atomic E-state index is 13.8. The van der Waals surface area contributed by atoms with Crippen LogP contribution in [0.1, 0.15) is 104 Å². The fourth-order valence-electron chi connectivity index (χ4n) is 9.20. The van der Waals surface area contributed by atoms with Gasteiger partial charge in [0.15, 0.2) is 5.71 Å². The topological polar surface area (TPSA) is 301 Å². The number of hydroxylamine groups is 2. The second-order valence-corrected chi connectivity index (χ2v) is 22.2. The highest BCUT2D eigenvalue weighted by molar-refractivity contribution is 7.86. The lowest BCUT2D eigenvalue weighted by atomic mass is 9.76.